The Morgan fingerprint density at radius 1 is 1.16 bits per heavy atom. The van der Waals surface area contributed by atoms with Gasteiger partial charge in [0.05, 0.1) is 18.1 Å². The summed E-state index contributed by atoms with van der Waals surface area (Å²) in [5, 5.41) is 2.04. The average Bonchev–Trinajstić information content (AvgIpc) is 2.39. The van der Waals surface area contributed by atoms with E-state index in [4.69, 9.17) is 5.73 Å². The highest BCUT2D eigenvalue weighted by Gasteiger charge is 2.16. The van der Waals surface area contributed by atoms with Gasteiger partial charge in [0.25, 0.3) is 5.91 Å². The summed E-state index contributed by atoms with van der Waals surface area (Å²) in [7, 11) is 0. The zero-order valence-electron chi connectivity index (χ0n) is 9.32. The van der Waals surface area contributed by atoms with E-state index >= 15 is 0 Å². The van der Waals surface area contributed by atoms with Crippen LogP contribution in [0, 0.1) is 17.5 Å². The van der Waals surface area contributed by atoms with E-state index in [0.717, 1.165) is 12.3 Å². The summed E-state index contributed by atoms with van der Waals surface area (Å²) in [4.78, 5) is 18.9. The second-order valence-corrected chi connectivity index (χ2v) is 3.51. The molecule has 0 saturated heterocycles. The molecule has 98 valence electrons. The molecule has 2 rings (SSSR count). The van der Waals surface area contributed by atoms with E-state index in [2.05, 4.69) is 9.97 Å². The molecule has 1 heterocycles. The number of aromatic nitrogens is 2. The monoisotopic (exact) mass is 268 g/mol. The molecule has 3 N–H and O–H groups in total. The van der Waals surface area contributed by atoms with Gasteiger partial charge < -0.3 is 11.1 Å². The van der Waals surface area contributed by atoms with E-state index in [1.807, 2.05) is 5.32 Å². The van der Waals surface area contributed by atoms with Gasteiger partial charge in [0.15, 0.2) is 17.5 Å². The number of nitrogen functional groups attached to an aromatic ring is 1. The number of nitrogens with two attached hydrogens (primary N) is 1. The Morgan fingerprint density at radius 3 is 2.58 bits per heavy atom. The molecule has 0 bridgehead atoms. The third-order valence-corrected chi connectivity index (χ3v) is 2.17. The van der Waals surface area contributed by atoms with Crippen molar-refractivity contribution in [2.75, 3.05) is 11.1 Å². The number of hydrogen-bond donors (Lipinski definition) is 2. The summed E-state index contributed by atoms with van der Waals surface area (Å²) in [5.74, 6) is -5.36. The van der Waals surface area contributed by atoms with Gasteiger partial charge in [0.1, 0.15) is 11.5 Å². The van der Waals surface area contributed by atoms with E-state index in [0.29, 0.717) is 6.07 Å². The van der Waals surface area contributed by atoms with Gasteiger partial charge in [-0.05, 0) is 12.1 Å². The average molecular weight is 268 g/mol. The maximum Gasteiger partial charge on any atom is 0.276 e. The highest BCUT2D eigenvalue weighted by Crippen LogP contribution is 2.20. The van der Waals surface area contributed by atoms with Crippen LogP contribution in [-0.2, 0) is 0 Å². The Balaban J connectivity index is 2.27. The third kappa shape index (κ3) is 2.62. The van der Waals surface area contributed by atoms with Crippen molar-refractivity contribution < 1.29 is 18.0 Å². The number of nitrogens with one attached hydrogen (secondary N) is 1. The number of benzene rings is 1. The minimum absolute atomic E-state index is 0.00147. The number of amides is 1. The molecule has 2 aromatic rings. The molecule has 1 amide bonds. The SMILES string of the molecule is Nc1cncc(C(=O)Nc2ccc(F)c(F)c2F)n1. The number of carbonyl (C=O) groups is 1. The fraction of sp³-hybridized carbons (Fsp3) is 0. The first kappa shape index (κ1) is 12.8. The second-order valence-electron chi connectivity index (χ2n) is 3.51. The number of anilines is 2. The zero-order valence-corrected chi connectivity index (χ0v) is 9.32. The lowest BCUT2D eigenvalue weighted by molar-refractivity contribution is 0.102. The molecule has 0 spiro atoms. The van der Waals surface area contributed by atoms with E-state index in [1.54, 1.807) is 0 Å². The van der Waals surface area contributed by atoms with Gasteiger partial charge in [-0.3, -0.25) is 9.78 Å². The summed E-state index contributed by atoms with van der Waals surface area (Å²) in [6.45, 7) is 0. The quantitative estimate of drug-likeness (QED) is 0.813. The van der Waals surface area contributed by atoms with Crippen molar-refractivity contribution in [3.05, 3.63) is 47.7 Å². The molecule has 0 atom stereocenters. The van der Waals surface area contributed by atoms with Crippen LogP contribution in [0.4, 0.5) is 24.7 Å². The van der Waals surface area contributed by atoms with Crippen LogP contribution in [0.2, 0.25) is 0 Å². The van der Waals surface area contributed by atoms with Gasteiger partial charge in [-0.25, -0.2) is 18.2 Å². The molecular formula is C11H7F3N4O. The number of nitrogens with zero attached hydrogens (tertiary/aromatic N) is 2. The summed E-state index contributed by atoms with van der Waals surface area (Å²) >= 11 is 0. The summed E-state index contributed by atoms with van der Waals surface area (Å²) in [5.41, 5.74) is 4.64. The maximum atomic E-state index is 13.3. The van der Waals surface area contributed by atoms with Gasteiger partial charge >= 0.3 is 0 Å². The first-order valence-electron chi connectivity index (χ1n) is 5.01. The molecule has 0 radical (unpaired) electrons. The predicted molar refractivity (Wildman–Crippen MR) is 60.7 cm³/mol. The van der Waals surface area contributed by atoms with Crippen molar-refractivity contribution in [3.63, 3.8) is 0 Å². The minimum Gasteiger partial charge on any atom is -0.382 e. The Hall–Kier alpha value is -2.64. The van der Waals surface area contributed by atoms with Crippen LogP contribution >= 0.6 is 0 Å². The Labute approximate surface area is 105 Å². The van der Waals surface area contributed by atoms with Gasteiger partial charge in [-0.1, -0.05) is 0 Å². The Kier molecular flexibility index (Phi) is 3.32. The Morgan fingerprint density at radius 2 is 1.89 bits per heavy atom. The van der Waals surface area contributed by atoms with E-state index < -0.39 is 29.0 Å². The lowest BCUT2D eigenvalue weighted by Crippen LogP contribution is -2.16. The van der Waals surface area contributed by atoms with Crippen LogP contribution in [0.15, 0.2) is 24.5 Å². The number of hydrogen-bond acceptors (Lipinski definition) is 4. The molecule has 0 fully saturated rings. The molecule has 1 aromatic heterocycles. The number of rotatable bonds is 2. The van der Waals surface area contributed by atoms with Crippen LogP contribution in [-0.4, -0.2) is 15.9 Å². The van der Waals surface area contributed by atoms with Gasteiger partial charge in [-0.2, -0.15) is 0 Å². The molecule has 5 nitrogen and oxygen atoms in total. The highest BCUT2D eigenvalue weighted by molar-refractivity contribution is 6.02. The highest BCUT2D eigenvalue weighted by atomic mass is 19.2. The lowest BCUT2D eigenvalue weighted by atomic mass is 10.2. The fourth-order valence-corrected chi connectivity index (χ4v) is 1.30. The van der Waals surface area contributed by atoms with Crippen LogP contribution in [0.5, 0.6) is 0 Å². The molecule has 0 unspecified atom stereocenters. The van der Waals surface area contributed by atoms with E-state index in [9.17, 15) is 18.0 Å². The van der Waals surface area contributed by atoms with Crippen molar-refractivity contribution in [2.24, 2.45) is 0 Å². The largest absolute Gasteiger partial charge is 0.382 e. The van der Waals surface area contributed by atoms with Crippen LogP contribution in [0.1, 0.15) is 10.5 Å². The lowest BCUT2D eigenvalue weighted by Gasteiger charge is -2.06. The van der Waals surface area contributed by atoms with Crippen LogP contribution < -0.4 is 11.1 Å². The van der Waals surface area contributed by atoms with Crippen molar-refractivity contribution in [3.8, 4) is 0 Å². The van der Waals surface area contributed by atoms with Gasteiger partial charge in [-0.15, -0.1) is 0 Å². The van der Waals surface area contributed by atoms with Gasteiger partial charge in [0, 0.05) is 0 Å². The molecule has 0 aliphatic heterocycles. The van der Waals surface area contributed by atoms with Crippen molar-refractivity contribution >= 4 is 17.4 Å². The summed E-state index contributed by atoms with van der Waals surface area (Å²) in [6, 6.07) is 1.59. The van der Waals surface area contributed by atoms with E-state index in [-0.39, 0.29) is 11.5 Å². The van der Waals surface area contributed by atoms with Gasteiger partial charge in [0.2, 0.25) is 0 Å². The van der Waals surface area contributed by atoms with Crippen molar-refractivity contribution in [1.29, 1.82) is 0 Å². The molecular weight excluding hydrogens is 261 g/mol. The van der Waals surface area contributed by atoms with Crippen LogP contribution in [0.3, 0.4) is 0 Å². The summed E-state index contributed by atoms with van der Waals surface area (Å²) < 4.78 is 39.0. The van der Waals surface area contributed by atoms with Crippen LogP contribution in [0.25, 0.3) is 0 Å². The summed E-state index contributed by atoms with van der Waals surface area (Å²) in [6.07, 6.45) is 2.32. The molecule has 0 saturated carbocycles. The standard InChI is InChI=1S/C11H7F3N4O/c12-5-1-2-6(10(14)9(5)13)18-11(19)7-3-16-4-8(15)17-7/h1-4H,(H2,15,17)(H,18,19). The molecule has 1 aromatic carbocycles. The molecule has 19 heavy (non-hydrogen) atoms. The smallest absolute Gasteiger partial charge is 0.276 e. The fourth-order valence-electron chi connectivity index (χ4n) is 1.30. The Bertz CT molecular complexity index is 648. The minimum atomic E-state index is -1.67. The second kappa shape index (κ2) is 4.92. The number of carbonyl (C=O) groups excluding carboxylic acids is 1. The van der Waals surface area contributed by atoms with E-state index in [1.165, 1.54) is 6.20 Å². The molecule has 0 aliphatic carbocycles. The zero-order chi connectivity index (χ0) is 14.0. The normalized spacial score (nSPS) is 10.3. The topological polar surface area (TPSA) is 80.9 Å². The first-order chi connectivity index (χ1) is 8.99. The molecule has 8 heteroatoms. The van der Waals surface area contributed by atoms with Crippen molar-refractivity contribution in [2.45, 2.75) is 0 Å². The molecule has 0 aliphatic rings. The first-order valence-corrected chi connectivity index (χ1v) is 5.01. The van der Waals surface area contributed by atoms with Crippen molar-refractivity contribution in [1.82, 2.24) is 9.97 Å². The predicted octanol–water partition coefficient (Wildman–Crippen LogP) is 1.73. The third-order valence-electron chi connectivity index (χ3n) is 2.17. The maximum absolute atomic E-state index is 13.3. The number of halogens is 3.